The van der Waals surface area contributed by atoms with Crippen LogP contribution in [0.25, 0.3) is 0 Å². The standard InChI is InChI=1S/C13H20N2OS/c1-10(2)15-13(14)17-9-8-16-12-6-4-11(3)5-7-12/h4-7,10H,8-9H2,1-3H3,(H2,14,15). The van der Waals surface area contributed by atoms with Crippen molar-refractivity contribution in [3.05, 3.63) is 29.8 Å². The minimum Gasteiger partial charge on any atom is -0.493 e. The van der Waals surface area contributed by atoms with Gasteiger partial charge in [-0.25, -0.2) is 0 Å². The average molecular weight is 252 g/mol. The van der Waals surface area contributed by atoms with Crippen molar-refractivity contribution in [3.8, 4) is 5.75 Å². The van der Waals surface area contributed by atoms with E-state index in [1.807, 2.05) is 38.1 Å². The summed E-state index contributed by atoms with van der Waals surface area (Å²) in [5.74, 6) is 1.71. The Morgan fingerprint density at radius 3 is 2.59 bits per heavy atom. The number of hydrogen-bond donors (Lipinski definition) is 1. The second kappa shape index (κ2) is 7.22. The van der Waals surface area contributed by atoms with Gasteiger partial charge >= 0.3 is 0 Å². The molecule has 0 bridgehead atoms. The molecule has 1 aromatic carbocycles. The zero-order valence-corrected chi connectivity index (χ0v) is 11.5. The first-order chi connectivity index (χ1) is 8.08. The van der Waals surface area contributed by atoms with E-state index in [1.54, 1.807) is 0 Å². The highest BCUT2D eigenvalue weighted by Crippen LogP contribution is 2.12. The number of aliphatic imine (C=N–C) groups is 1. The number of rotatable bonds is 5. The maximum Gasteiger partial charge on any atom is 0.154 e. The first kappa shape index (κ1) is 13.9. The Balaban J connectivity index is 2.22. The first-order valence-electron chi connectivity index (χ1n) is 5.73. The molecule has 0 heterocycles. The molecule has 1 rings (SSSR count). The van der Waals surface area contributed by atoms with E-state index in [1.165, 1.54) is 17.3 Å². The van der Waals surface area contributed by atoms with Gasteiger partial charge in [-0.15, -0.1) is 0 Å². The maximum atomic E-state index is 5.73. The summed E-state index contributed by atoms with van der Waals surface area (Å²) in [4.78, 5) is 4.24. The monoisotopic (exact) mass is 252 g/mol. The summed E-state index contributed by atoms with van der Waals surface area (Å²) < 4.78 is 5.58. The van der Waals surface area contributed by atoms with E-state index in [2.05, 4.69) is 11.9 Å². The molecule has 0 aliphatic rings. The molecule has 4 heteroatoms. The second-order valence-electron chi connectivity index (χ2n) is 4.07. The summed E-state index contributed by atoms with van der Waals surface area (Å²) >= 11 is 1.53. The Morgan fingerprint density at radius 2 is 2.00 bits per heavy atom. The number of hydrogen-bond acceptors (Lipinski definition) is 3. The Morgan fingerprint density at radius 1 is 1.35 bits per heavy atom. The van der Waals surface area contributed by atoms with Crippen molar-refractivity contribution in [3.63, 3.8) is 0 Å². The Kier molecular flexibility index (Phi) is 5.91. The number of nitrogens with two attached hydrogens (primary N) is 1. The van der Waals surface area contributed by atoms with Gasteiger partial charge in [0.1, 0.15) is 5.75 Å². The molecule has 0 saturated heterocycles. The molecule has 94 valence electrons. The lowest BCUT2D eigenvalue weighted by atomic mass is 10.2. The van der Waals surface area contributed by atoms with Crippen LogP contribution >= 0.6 is 11.8 Å². The molecule has 2 N–H and O–H groups in total. The molecule has 0 unspecified atom stereocenters. The number of ether oxygens (including phenoxy) is 1. The molecule has 0 aromatic heterocycles. The van der Waals surface area contributed by atoms with Crippen molar-refractivity contribution in [1.82, 2.24) is 0 Å². The highest BCUT2D eigenvalue weighted by Gasteiger charge is 1.97. The Labute approximate surface area is 107 Å². The molecule has 0 saturated carbocycles. The van der Waals surface area contributed by atoms with Crippen LogP contribution in [0.15, 0.2) is 29.3 Å². The van der Waals surface area contributed by atoms with Crippen LogP contribution in [0.3, 0.4) is 0 Å². The van der Waals surface area contributed by atoms with Gasteiger partial charge in [-0.2, -0.15) is 0 Å². The maximum absolute atomic E-state index is 5.73. The van der Waals surface area contributed by atoms with Gasteiger partial charge in [-0.3, -0.25) is 4.99 Å². The molecule has 0 spiro atoms. The van der Waals surface area contributed by atoms with E-state index < -0.39 is 0 Å². The molecule has 0 aliphatic heterocycles. The molecular weight excluding hydrogens is 232 g/mol. The van der Waals surface area contributed by atoms with Gasteiger partial charge in [0.15, 0.2) is 5.17 Å². The van der Waals surface area contributed by atoms with Crippen LogP contribution < -0.4 is 10.5 Å². The van der Waals surface area contributed by atoms with Crippen molar-refractivity contribution in [2.24, 2.45) is 10.7 Å². The summed E-state index contributed by atoms with van der Waals surface area (Å²) in [6.45, 7) is 6.72. The van der Waals surface area contributed by atoms with Crippen molar-refractivity contribution in [2.75, 3.05) is 12.4 Å². The fraction of sp³-hybridized carbons (Fsp3) is 0.462. The zero-order valence-electron chi connectivity index (χ0n) is 10.6. The fourth-order valence-electron chi connectivity index (χ4n) is 1.23. The summed E-state index contributed by atoms with van der Waals surface area (Å²) in [7, 11) is 0. The lowest BCUT2D eigenvalue weighted by Gasteiger charge is -2.06. The van der Waals surface area contributed by atoms with Gasteiger partial charge in [-0.1, -0.05) is 29.5 Å². The average Bonchev–Trinajstić information content (AvgIpc) is 2.26. The third-order valence-electron chi connectivity index (χ3n) is 2.01. The summed E-state index contributed by atoms with van der Waals surface area (Å²) in [6.07, 6.45) is 0. The van der Waals surface area contributed by atoms with Gasteiger partial charge in [0, 0.05) is 11.8 Å². The highest BCUT2D eigenvalue weighted by atomic mass is 32.2. The Hall–Kier alpha value is -1.16. The lowest BCUT2D eigenvalue weighted by molar-refractivity contribution is 0.344. The van der Waals surface area contributed by atoms with Gasteiger partial charge in [0.05, 0.1) is 6.61 Å². The molecule has 0 aliphatic carbocycles. The van der Waals surface area contributed by atoms with Gasteiger partial charge in [0.2, 0.25) is 0 Å². The normalized spacial score (nSPS) is 11.9. The molecule has 0 atom stereocenters. The molecule has 0 amide bonds. The van der Waals surface area contributed by atoms with Gasteiger partial charge in [0.25, 0.3) is 0 Å². The van der Waals surface area contributed by atoms with Crippen LogP contribution in [0.2, 0.25) is 0 Å². The number of benzene rings is 1. The van der Waals surface area contributed by atoms with E-state index in [9.17, 15) is 0 Å². The van der Waals surface area contributed by atoms with Gasteiger partial charge < -0.3 is 10.5 Å². The minimum atomic E-state index is 0.250. The third-order valence-corrected chi connectivity index (χ3v) is 2.78. The van der Waals surface area contributed by atoms with Crippen LogP contribution in [0, 0.1) is 6.92 Å². The van der Waals surface area contributed by atoms with Crippen molar-refractivity contribution in [2.45, 2.75) is 26.8 Å². The number of aryl methyl sites for hydroxylation is 1. The van der Waals surface area contributed by atoms with E-state index in [4.69, 9.17) is 10.5 Å². The van der Waals surface area contributed by atoms with Crippen molar-refractivity contribution < 1.29 is 4.74 Å². The van der Waals surface area contributed by atoms with E-state index in [0.29, 0.717) is 11.8 Å². The highest BCUT2D eigenvalue weighted by molar-refractivity contribution is 8.13. The molecule has 0 radical (unpaired) electrons. The number of thioether (sulfide) groups is 1. The van der Waals surface area contributed by atoms with Crippen LogP contribution in [0.5, 0.6) is 5.75 Å². The molecule has 0 fully saturated rings. The predicted molar refractivity (Wildman–Crippen MR) is 75.9 cm³/mol. The molecule has 1 aromatic rings. The second-order valence-corrected chi connectivity index (χ2v) is 5.19. The van der Waals surface area contributed by atoms with E-state index in [-0.39, 0.29) is 6.04 Å². The van der Waals surface area contributed by atoms with Crippen molar-refractivity contribution in [1.29, 1.82) is 0 Å². The predicted octanol–water partition coefficient (Wildman–Crippen LogP) is 2.83. The van der Waals surface area contributed by atoms with Crippen molar-refractivity contribution >= 4 is 16.9 Å². The first-order valence-corrected chi connectivity index (χ1v) is 6.72. The van der Waals surface area contributed by atoms with Crippen LogP contribution in [-0.4, -0.2) is 23.6 Å². The van der Waals surface area contributed by atoms with Crippen LogP contribution in [0.1, 0.15) is 19.4 Å². The lowest BCUT2D eigenvalue weighted by Crippen LogP contribution is -2.12. The number of amidine groups is 1. The van der Waals surface area contributed by atoms with E-state index in [0.717, 1.165) is 11.5 Å². The summed E-state index contributed by atoms with van der Waals surface area (Å²) in [5, 5.41) is 0.632. The SMILES string of the molecule is Cc1ccc(OCCSC(N)=NC(C)C)cc1. The Bertz CT molecular complexity index is 360. The minimum absolute atomic E-state index is 0.250. The smallest absolute Gasteiger partial charge is 0.154 e. The molecule has 17 heavy (non-hydrogen) atoms. The summed E-state index contributed by atoms with van der Waals surface area (Å²) in [5.41, 5.74) is 6.97. The third kappa shape index (κ3) is 6.22. The fourth-order valence-corrected chi connectivity index (χ4v) is 1.89. The van der Waals surface area contributed by atoms with Crippen LogP contribution in [-0.2, 0) is 0 Å². The van der Waals surface area contributed by atoms with Crippen LogP contribution in [0.4, 0.5) is 0 Å². The number of nitrogens with zero attached hydrogens (tertiary/aromatic N) is 1. The zero-order chi connectivity index (χ0) is 12.7. The van der Waals surface area contributed by atoms with Gasteiger partial charge in [-0.05, 0) is 32.9 Å². The summed E-state index contributed by atoms with van der Waals surface area (Å²) in [6, 6.07) is 8.28. The van der Waals surface area contributed by atoms with E-state index >= 15 is 0 Å². The molecule has 3 nitrogen and oxygen atoms in total. The largest absolute Gasteiger partial charge is 0.493 e. The molecular formula is C13H20N2OS. The topological polar surface area (TPSA) is 47.6 Å². The quantitative estimate of drug-likeness (QED) is 0.498.